The number of fused-ring (bicyclic) bond motifs is 1. The number of hydrogen-bond acceptors (Lipinski definition) is 3. The molecule has 0 atom stereocenters. The van der Waals surface area contributed by atoms with Gasteiger partial charge in [0.25, 0.3) is 0 Å². The molecule has 0 saturated heterocycles. The summed E-state index contributed by atoms with van der Waals surface area (Å²) in [6.45, 7) is 1.36. The van der Waals surface area contributed by atoms with Gasteiger partial charge in [0, 0.05) is 24.3 Å². The van der Waals surface area contributed by atoms with E-state index in [0.717, 1.165) is 34.7 Å². The largest absolute Gasteiger partial charge is 0.395 e. The van der Waals surface area contributed by atoms with Crippen LogP contribution in [0.1, 0.15) is 5.56 Å². The minimum Gasteiger partial charge on any atom is -0.395 e. The Balaban J connectivity index is 1.69. The molecule has 4 nitrogen and oxygen atoms in total. The van der Waals surface area contributed by atoms with E-state index in [4.69, 9.17) is 4.98 Å². The van der Waals surface area contributed by atoms with E-state index in [-0.39, 0.29) is 6.61 Å². The summed E-state index contributed by atoms with van der Waals surface area (Å²) in [6, 6.07) is 26.6. The molecule has 1 heterocycles. The summed E-state index contributed by atoms with van der Waals surface area (Å²) in [7, 11) is 0. The fraction of sp³-hybridized carbons (Fsp3) is 0.136. The quantitative estimate of drug-likeness (QED) is 0.548. The van der Waals surface area contributed by atoms with Gasteiger partial charge < -0.3 is 15.0 Å². The van der Waals surface area contributed by atoms with E-state index in [2.05, 4.69) is 34.1 Å². The molecule has 26 heavy (non-hydrogen) atoms. The van der Waals surface area contributed by atoms with Gasteiger partial charge in [-0.25, -0.2) is 4.98 Å². The first-order chi connectivity index (χ1) is 12.8. The topological polar surface area (TPSA) is 50.1 Å². The predicted molar refractivity (Wildman–Crippen MR) is 106 cm³/mol. The van der Waals surface area contributed by atoms with Crippen LogP contribution in [0.2, 0.25) is 0 Å². The number of nitrogens with one attached hydrogen (secondary N) is 1. The molecule has 0 aliphatic rings. The molecule has 0 bridgehead atoms. The first-order valence-electron chi connectivity index (χ1n) is 8.79. The molecule has 0 amide bonds. The molecule has 0 radical (unpaired) electrons. The SMILES string of the molecule is OCCn1c(-c2ccccc2)nc2ccc(NCc3ccccc3)cc21. The van der Waals surface area contributed by atoms with Crippen molar-refractivity contribution in [2.75, 3.05) is 11.9 Å². The number of anilines is 1. The van der Waals surface area contributed by atoms with Gasteiger partial charge in [0.1, 0.15) is 5.82 Å². The third-order valence-corrected chi connectivity index (χ3v) is 4.44. The Kier molecular flexibility index (Phi) is 4.67. The highest BCUT2D eigenvalue weighted by molar-refractivity contribution is 5.83. The van der Waals surface area contributed by atoms with Crippen LogP contribution in [0, 0.1) is 0 Å². The third kappa shape index (κ3) is 3.32. The van der Waals surface area contributed by atoms with Crippen LogP contribution < -0.4 is 5.32 Å². The summed E-state index contributed by atoms with van der Waals surface area (Å²) < 4.78 is 2.08. The van der Waals surface area contributed by atoms with Gasteiger partial charge in [-0.05, 0) is 23.8 Å². The minimum absolute atomic E-state index is 0.0764. The molecule has 4 aromatic rings. The van der Waals surface area contributed by atoms with Crippen LogP contribution in [0.15, 0.2) is 78.9 Å². The number of aromatic nitrogens is 2. The summed E-state index contributed by atoms with van der Waals surface area (Å²) >= 11 is 0. The third-order valence-electron chi connectivity index (χ3n) is 4.44. The maximum absolute atomic E-state index is 9.53. The smallest absolute Gasteiger partial charge is 0.141 e. The summed E-state index contributed by atoms with van der Waals surface area (Å²) in [6.07, 6.45) is 0. The molecule has 4 rings (SSSR count). The Morgan fingerprint density at radius 3 is 2.35 bits per heavy atom. The summed E-state index contributed by atoms with van der Waals surface area (Å²) in [4.78, 5) is 4.79. The molecular formula is C22H21N3O. The van der Waals surface area contributed by atoms with E-state index in [1.54, 1.807) is 0 Å². The molecule has 0 spiro atoms. The second-order valence-corrected chi connectivity index (χ2v) is 6.22. The Hall–Kier alpha value is -3.11. The van der Waals surface area contributed by atoms with Gasteiger partial charge in [0.05, 0.1) is 17.6 Å². The number of hydrogen-bond donors (Lipinski definition) is 2. The zero-order valence-corrected chi connectivity index (χ0v) is 14.5. The molecule has 0 fully saturated rings. The Morgan fingerprint density at radius 1 is 0.885 bits per heavy atom. The lowest BCUT2D eigenvalue weighted by molar-refractivity contribution is 0.278. The van der Waals surface area contributed by atoms with Crippen LogP contribution in [0.5, 0.6) is 0 Å². The van der Waals surface area contributed by atoms with Gasteiger partial charge in [-0.2, -0.15) is 0 Å². The van der Waals surface area contributed by atoms with Crippen LogP contribution in [-0.2, 0) is 13.1 Å². The van der Waals surface area contributed by atoms with Crippen LogP contribution in [0.4, 0.5) is 5.69 Å². The molecule has 1 aromatic heterocycles. The molecule has 3 aromatic carbocycles. The average Bonchev–Trinajstić information content (AvgIpc) is 3.06. The van der Waals surface area contributed by atoms with Crippen LogP contribution in [0.3, 0.4) is 0 Å². The predicted octanol–water partition coefficient (Wildman–Crippen LogP) is 4.31. The van der Waals surface area contributed by atoms with E-state index in [1.807, 2.05) is 54.6 Å². The van der Waals surface area contributed by atoms with Crippen LogP contribution in [-0.4, -0.2) is 21.3 Å². The summed E-state index contributed by atoms with van der Waals surface area (Å²) in [5, 5.41) is 13.0. The van der Waals surface area contributed by atoms with Crippen LogP contribution >= 0.6 is 0 Å². The lowest BCUT2D eigenvalue weighted by Crippen LogP contribution is -2.04. The molecule has 130 valence electrons. The number of nitrogens with zero attached hydrogens (tertiary/aromatic N) is 2. The molecule has 0 saturated carbocycles. The maximum Gasteiger partial charge on any atom is 0.141 e. The van der Waals surface area contributed by atoms with E-state index in [1.165, 1.54) is 5.56 Å². The van der Waals surface area contributed by atoms with Crippen molar-refractivity contribution in [2.24, 2.45) is 0 Å². The van der Waals surface area contributed by atoms with Gasteiger partial charge in [0.15, 0.2) is 0 Å². The number of benzene rings is 3. The normalized spacial score (nSPS) is 11.0. The standard InChI is InChI=1S/C22H21N3O/c26-14-13-25-21-15-19(23-16-17-7-3-1-4-8-17)11-12-20(21)24-22(25)18-9-5-2-6-10-18/h1-12,15,23,26H,13-14,16H2. The van der Waals surface area contributed by atoms with Crippen molar-refractivity contribution in [3.8, 4) is 11.4 Å². The van der Waals surface area contributed by atoms with E-state index < -0.39 is 0 Å². The lowest BCUT2D eigenvalue weighted by atomic mass is 10.2. The first kappa shape index (κ1) is 16.4. The highest BCUT2D eigenvalue weighted by Gasteiger charge is 2.12. The molecule has 0 aliphatic heterocycles. The molecular weight excluding hydrogens is 322 g/mol. The highest BCUT2D eigenvalue weighted by Crippen LogP contribution is 2.27. The van der Waals surface area contributed by atoms with Gasteiger partial charge in [0.2, 0.25) is 0 Å². The van der Waals surface area contributed by atoms with Crippen molar-refractivity contribution in [1.82, 2.24) is 9.55 Å². The molecule has 4 heteroatoms. The zero-order valence-electron chi connectivity index (χ0n) is 14.5. The Morgan fingerprint density at radius 2 is 1.62 bits per heavy atom. The van der Waals surface area contributed by atoms with Crippen molar-refractivity contribution >= 4 is 16.7 Å². The second kappa shape index (κ2) is 7.42. The monoisotopic (exact) mass is 343 g/mol. The van der Waals surface area contributed by atoms with E-state index in [9.17, 15) is 5.11 Å². The van der Waals surface area contributed by atoms with Crippen molar-refractivity contribution < 1.29 is 5.11 Å². The van der Waals surface area contributed by atoms with Gasteiger partial charge in [-0.15, -0.1) is 0 Å². The fourth-order valence-electron chi connectivity index (χ4n) is 3.17. The first-order valence-corrected chi connectivity index (χ1v) is 8.79. The Bertz CT molecular complexity index is 994. The lowest BCUT2D eigenvalue weighted by Gasteiger charge is -2.09. The number of aliphatic hydroxyl groups excluding tert-OH is 1. The fourth-order valence-corrected chi connectivity index (χ4v) is 3.17. The van der Waals surface area contributed by atoms with Crippen molar-refractivity contribution in [3.05, 3.63) is 84.4 Å². The van der Waals surface area contributed by atoms with Gasteiger partial charge in [-0.1, -0.05) is 60.7 Å². The van der Waals surface area contributed by atoms with Crippen LogP contribution in [0.25, 0.3) is 22.4 Å². The number of imidazole rings is 1. The summed E-state index contributed by atoms with van der Waals surface area (Å²) in [5.41, 5.74) is 5.29. The summed E-state index contributed by atoms with van der Waals surface area (Å²) in [5.74, 6) is 0.884. The Labute approximate surface area is 152 Å². The van der Waals surface area contributed by atoms with Gasteiger partial charge in [-0.3, -0.25) is 0 Å². The van der Waals surface area contributed by atoms with Crippen molar-refractivity contribution in [3.63, 3.8) is 0 Å². The maximum atomic E-state index is 9.53. The van der Waals surface area contributed by atoms with Crippen molar-refractivity contribution in [1.29, 1.82) is 0 Å². The zero-order chi connectivity index (χ0) is 17.8. The minimum atomic E-state index is 0.0764. The highest BCUT2D eigenvalue weighted by atomic mass is 16.3. The molecule has 0 unspecified atom stereocenters. The number of aliphatic hydroxyl groups is 1. The van der Waals surface area contributed by atoms with E-state index >= 15 is 0 Å². The molecule has 2 N–H and O–H groups in total. The number of rotatable bonds is 6. The van der Waals surface area contributed by atoms with E-state index in [0.29, 0.717) is 6.54 Å². The average molecular weight is 343 g/mol. The second-order valence-electron chi connectivity index (χ2n) is 6.22. The molecule has 0 aliphatic carbocycles. The van der Waals surface area contributed by atoms with Crippen molar-refractivity contribution in [2.45, 2.75) is 13.1 Å². The van der Waals surface area contributed by atoms with Gasteiger partial charge >= 0.3 is 0 Å².